The molecule has 0 spiro atoms. The summed E-state index contributed by atoms with van der Waals surface area (Å²) in [5, 5.41) is 6.28. The minimum Gasteiger partial charge on any atom is -0.495 e. The smallest absolute Gasteiger partial charge is 0.343 e. The average Bonchev–Trinajstić information content (AvgIpc) is 2.89. The maximum atomic E-state index is 12.6. The van der Waals surface area contributed by atoms with Crippen molar-refractivity contribution in [2.45, 2.75) is 13.3 Å². The Morgan fingerprint density at radius 3 is 2.44 bits per heavy atom. The van der Waals surface area contributed by atoms with Gasteiger partial charge < -0.3 is 19.5 Å². The van der Waals surface area contributed by atoms with E-state index < -0.39 is 17.8 Å². The van der Waals surface area contributed by atoms with Crippen molar-refractivity contribution in [2.24, 2.45) is 5.10 Å². The summed E-state index contributed by atoms with van der Waals surface area (Å²) < 4.78 is 16.9. The maximum Gasteiger partial charge on any atom is 0.343 e. The van der Waals surface area contributed by atoms with Crippen LogP contribution in [0.2, 0.25) is 0 Å². The van der Waals surface area contributed by atoms with Gasteiger partial charge >= 0.3 is 17.8 Å². The molecule has 9 nitrogen and oxygen atoms in total. The quantitative estimate of drug-likeness (QED) is 0.132. The molecule has 0 unspecified atom stereocenters. The van der Waals surface area contributed by atoms with E-state index in [2.05, 4.69) is 31.8 Å². The molecule has 0 aliphatic rings. The number of amides is 2. The molecular formula is C26H24BrN3O6. The van der Waals surface area contributed by atoms with Gasteiger partial charge in [0, 0.05) is 10.0 Å². The Labute approximate surface area is 216 Å². The van der Waals surface area contributed by atoms with Crippen molar-refractivity contribution < 1.29 is 28.6 Å². The highest BCUT2D eigenvalue weighted by atomic mass is 79.9. The van der Waals surface area contributed by atoms with Gasteiger partial charge in [-0.05, 0) is 61.0 Å². The van der Waals surface area contributed by atoms with Gasteiger partial charge in [-0.1, -0.05) is 35.0 Å². The lowest BCUT2D eigenvalue weighted by Crippen LogP contribution is -2.32. The van der Waals surface area contributed by atoms with Gasteiger partial charge in [-0.25, -0.2) is 10.2 Å². The number of nitrogens with one attached hydrogen (secondary N) is 2. The number of para-hydroxylation sites is 2. The summed E-state index contributed by atoms with van der Waals surface area (Å²) in [6.45, 7) is 2.59. The van der Waals surface area contributed by atoms with E-state index in [0.29, 0.717) is 39.4 Å². The molecule has 0 heterocycles. The molecule has 0 bridgehead atoms. The second kappa shape index (κ2) is 13.1. The standard InChI is InChI=1S/C26H24BrN3O6/c1-3-14-35-20-11-8-17(9-12-20)26(33)36-22-13-10-19(27)15-18(22)16-28-30-25(32)24(31)29-21-6-4-5-7-23(21)34-2/h4-13,15-16H,3,14H2,1-2H3,(H,29,31)(H,30,32). The molecule has 3 aromatic carbocycles. The van der Waals surface area contributed by atoms with Crippen LogP contribution in [0.15, 0.2) is 76.3 Å². The lowest BCUT2D eigenvalue weighted by Gasteiger charge is -2.09. The number of halogens is 1. The van der Waals surface area contributed by atoms with E-state index in [1.807, 2.05) is 6.92 Å². The second-order valence-electron chi connectivity index (χ2n) is 7.30. The molecule has 3 aromatic rings. The van der Waals surface area contributed by atoms with Gasteiger partial charge in [-0.2, -0.15) is 5.10 Å². The Morgan fingerprint density at radius 2 is 1.72 bits per heavy atom. The van der Waals surface area contributed by atoms with Crippen LogP contribution < -0.4 is 25.0 Å². The van der Waals surface area contributed by atoms with E-state index in [-0.39, 0.29) is 5.75 Å². The minimum absolute atomic E-state index is 0.214. The molecule has 2 amide bonds. The first kappa shape index (κ1) is 26.4. The minimum atomic E-state index is -0.990. The third-order valence-electron chi connectivity index (χ3n) is 4.67. The molecule has 0 radical (unpaired) electrons. The van der Waals surface area contributed by atoms with E-state index in [1.165, 1.54) is 13.3 Å². The number of anilines is 1. The van der Waals surface area contributed by atoms with E-state index in [1.54, 1.807) is 66.7 Å². The van der Waals surface area contributed by atoms with E-state index >= 15 is 0 Å². The normalized spacial score (nSPS) is 10.5. The lowest BCUT2D eigenvalue weighted by molar-refractivity contribution is -0.136. The summed E-state index contributed by atoms with van der Waals surface area (Å²) in [6.07, 6.45) is 2.15. The molecule has 0 atom stereocenters. The summed E-state index contributed by atoms with van der Waals surface area (Å²) in [4.78, 5) is 37.0. The molecule has 36 heavy (non-hydrogen) atoms. The first-order chi connectivity index (χ1) is 17.4. The molecule has 0 saturated carbocycles. The van der Waals surface area contributed by atoms with Crippen LogP contribution in [0.3, 0.4) is 0 Å². The highest BCUT2D eigenvalue weighted by Crippen LogP contribution is 2.24. The van der Waals surface area contributed by atoms with Crippen LogP contribution in [0.25, 0.3) is 0 Å². The van der Waals surface area contributed by atoms with E-state index in [0.717, 1.165) is 6.42 Å². The fourth-order valence-corrected chi connectivity index (χ4v) is 3.30. The SMILES string of the molecule is CCCOc1ccc(C(=O)Oc2ccc(Br)cc2C=NNC(=O)C(=O)Nc2ccccc2OC)cc1. The fraction of sp³-hybridized carbons (Fsp3) is 0.154. The highest BCUT2D eigenvalue weighted by Gasteiger charge is 2.16. The molecule has 10 heteroatoms. The molecule has 186 valence electrons. The van der Waals surface area contributed by atoms with Crippen molar-refractivity contribution in [2.75, 3.05) is 19.0 Å². The van der Waals surface area contributed by atoms with E-state index in [9.17, 15) is 14.4 Å². The van der Waals surface area contributed by atoms with Crippen molar-refractivity contribution in [3.63, 3.8) is 0 Å². The number of nitrogens with zero attached hydrogens (tertiary/aromatic N) is 1. The number of hydrazone groups is 1. The molecule has 2 N–H and O–H groups in total. The Morgan fingerprint density at radius 1 is 0.972 bits per heavy atom. The van der Waals surface area contributed by atoms with Gasteiger partial charge in [0.25, 0.3) is 0 Å². The molecule has 0 fully saturated rings. The van der Waals surface area contributed by atoms with Crippen LogP contribution in [0.1, 0.15) is 29.3 Å². The maximum absolute atomic E-state index is 12.6. The van der Waals surface area contributed by atoms with E-state index in [4.69, 9.17) is 14.2 Å². The summed E-state index contributed by atoms with van der Waals surface area (Å²) in [5.41, 5.74) is 3.23. The Bertz CT molecular complexity index is 1260. The Kier molecular flexibility index (Phi) is 9.58. The van der Waals surface area contributed by atoms with Crippen molar-refractivity contribution in [1.82, 2.24) is 5.43 Å². The van der Waals surface area contributed by atoms with Gasteiger partial charge in [0.2, 0.25) is 0 Å². The average molecular weight is 554 g/mol. The summed E-state index contributed by atoms with van der Waals surface area (Å²) in [5.74, 6) is -1.21. The lowest BCUT2D eigenvalue weighted by atomic mass is 10.2. The number of ether oxygens (including phenoxy) is 3. The summed E-state index contributed by atoms with van der Waals surface area (Å²) >= 11 is 3.35. The molecule has 0 saturated heterocycles. The highest BCUT2D eigenvalue weighted by molar-refractivity contribution is 9.10. The van der Waals surface area contributed by atoms with Crippen LogP contribution in [-0.4, -0.2) is 37.7 Å². The predicted molar refractivity (Wildman–Crippen MR) is 139 cm³/mol. The van der Waals surface area contributed by atoms with Crippen LogP contribution in [-0.2, 0) is 9.59 Å². The second-order valence-corrected chi connectivity index (χ2v) is 8.21. The number of carbonyl (C=O) groups is 3. The number of esters is 1. The molecule has 0 aromatic heterocycles. The fourth-order valence-electron chi connectivity index (χ4n) is 2.92. The van der Waals surface area contributed by atoms with Gasteiger partial charge in [0.1, 0.15) is 17.2 Å². The van der Waals surface area contributed by atoms with Crippen LogP contribution in [0, 0.1) is 0 Å². The summed E-state index contributed by atoms with van der Waals surface area (Å²) in [6, 6.07) is 18.2. The van der Waals surface area contributed by atoms with Crippen molar-refractivity contribution in [1.29, 1.82) is 0 Å². The zero-order chi connectivity index (χ0) is 25.9. The number of hydrogen-bond donors (Lipinski definition) is 2. The first-order valence-corrected chi connectivity index (χ1v) is 11.7. The number of hydrogen-bond acceptors (Lipinski definition) is 7. The van der Waals surface area contributed by atoms with Gasteiger partial charge in [0.15, 0.2) is 0 Å². The molecule has 0 aliphatic heterocycles. The van der Waals surface area contributed by atoms with Crippen LogP contribution in [0.5, 0.6) is 17.2 Å². The van der Waals surface area contributed by atoms with Crippen molar-refractivity contribution >= 4 is 45.6 Å². The van der Waals surface area contributed by atoms with Gasteiger partial charge in [-0.15, -0.1) is 0 Å². The number of benzene rings is 3. The topological polar surface area (TPSA) is 115 Å². The van der Waals surface area contributed by atoms with Crippen LogP contribution in [0.4, 0.5) is 5.69 Å². The Hall–Kier alpha value is -4.18. The molecular weight excluding hydrogens is 530 g/mol. The van der Waals surface area contributed by atoms with Crippen molar-refractivity contribution in [3.05, 3.63) is 82.3 Å². The molecule has 0 aliphatic carbocycles. The first-order valence-electron chi connectivity index (χ1n) is 10.9. The van der Waals surface area contributed by atoms with Gasteiger partial charge in [0.05, 0.1) is 31.2 Å². The predicted octanol–water partition coefficient (Wildman–Crippen LogP) is 4.55. The van der Waals surface area contributed by atoms with Crippen molar-refractivity contribution in [3.8, 4) is 17.2 Å². The zero-order valence-corrected chi connectivity index (χ0v) is 21.2. The largest absolute Gasteiger partial charge is 0.495 e. The number of rotatable bonds is 9. The van der Waals surface area contributed by atoms with Crippen LogP contribution >= 0.6 is 15.9 Å². The Balaban J connectivity index is 1.64. The monoisotopic (exact) mass is 553 g/mol. The third kappa shape index (κ3) is 7.41. The number of carbonyl (C=O) groups excluding carboxylic acids is 3. The van der Waals surface area contributed by atoms with Gasteiger partial charge in [-0.3, -0.25) is 9.59 Å². The summed E-state index contributed by atoms with van der Waals surface area (Å²) in [7, 11) is 1.45. The third-order valence-corrected chi connectivity index (χ3v) is 5.16. The zero-order valence-electron chi connectivity index (χ0n) is 19.6. The number of methoxy groups -OCH3 is 1. The molecule has 3 rings (SSSR count).